The molecule has 26 heavy (non-hydrogen) atoms. The molecule has 0 radical (unpaired) electrons. The number of piperidine rings is 1. The molecule has 1 amide bonds. The molecule has 2 aliphatic rings. The average molecular weight is 349 g/mol. The van der Waals surface area contributed by atoms with E-state index in [-0.39, 0.29) is 11.8 Å². The number of carbonyl (C=O) groups excluding carboxylic acids is 1. The average Bonchev–Trinajstić information content (AvgIpc) is 3.47. The van der Waals surface area contributed by atoms with Crippen molar-refractivity contribution in [3.05, 3.63) is 47.9 Å². The lowest BCUT2D eigenvalue weighted by Gasteiger charge is -2.30. The molecule has 1 saturated carbocycles. The maximum absolute atomic E-state index is 12.5. The topological polar surface area (TPSA) is 89.2 Å². The molecule has 0 bridgehead atoms. The molecule has 0 N–H and O–H groups in total. The first-order chi connectivity index (χ1) is 12.8. The van der Waals surface area contributed by atoms with Gasteiger partial charge in [-0.15, -0.1) is 10.2 Å². The second-order valence-electron chi connectivity index (χ2n) is 7.02. The van der Waals surface area contributed by atoms with E-state index in [2.05, 4.69) is 26.2 Å². The zero-order valence-electron chi connectivity index (χ0n) is 14.3. The quantitative estimate of drug-likeness (QED) is 0.716. The predicted molar refractivity (Wildman–Crippen MR) is 92.7 cm³/mol. The van der Waals surface area contributed by atoms with Crippen molar-refractivity contribution >= 4 is 11.6 Å². The van der Waals surface area contributed by atoms with E-state index < -0.39 is 0 Å². The minimum Gasteiger partial charge on any atom is -0.337 e. The molecule has 0 unspecified atom stereocenters. The van der Waals surface area contributed by atoms with Crippen molar-refractivity contribution in [2.45, 2.75) is 37.5 Å². The van der Waals surface area contributed by atoms with Crippen molar-refractivity contribution in [3.63, 3.8) is 0 Å². The van der Waals surface area contributed by atoms with Crippen LogP contribution in [0.3, 0.4) is 0 Å². The van der Waals surface area contributed by atoms with E-state index in [9.17, 15) is 4.79 Å². The predicted octanol–water partition coefficient (Wildman–Crippen LogP) is 1.81. The highest BCUT2D eigenvalue weighted by molar-refractivity contribution is 5.92. The van der Waals surface area contributed by atoms with Gasteiger partial charge in [-0.3, -0.25) is 9.78 Å². The summed E-state index contributed by atoms with van der Waals surface area (Å²) in [6, 6.07) is 4.07. The standard InChI is InChI=1S/C18H19N7O/c26-18(15-11-19-7-8-20-15)24-9-5-13(6-10-24)17-22-21-16-4-3-14(12-1-2-12)23-25(16)17/h3-4,7-8,11-13H,1-2,5-6,9-10H2. The first kappa shape index (κ1) is 15.4. The summed E-state index contributed by atoms with van der Waals surface area (Å²) in [4.78, 5) is 22.4. The van der Waals surface area contributed by atoms with Crippen LogP contribution in [-0.4, -0.2) is 53.7 Å². The maximum atomic E-state index is 12.5. The van der Waals surface area contributed by atoms with Gasteiger partial charge < -0.3 is 4.90 Å². The molecular weight excluding hydrogens is 330 g/mol. The first-order valence-electron chi connectivity index (χ1n) is 9.07. The van der Waals surface area contributed by atoms with Gasteiger partial charge in [0.1, 0.15) is 5.69 Å². The Morgan fingerprint density at radius 2 is 1.85 bits per heavy atom. The molecule has 3 aromatic heterocycles. The number of hydrogen-bond donors (Lipinski definition) is 0. The molecule has 0 spiro atoms. The van der Waals surface area contributed by atoms with E-state index in [0.717, 1.165) is 30.0 Å². The third-order valence-corrected chi connectivity index (χ3v) is 5.23. The Balaban J connectivity index is 1.33. The molecular formula is C18H19N7O. The highest BCUT2D eigenvalue weighted by atomic mass is 16.2. The van der Waals surface area contributed by atoms with E-state index >= 15 is 0 Å². The van der Waals surface area contributed by atoms with Gasteiger partial charge in [0.15, 0.2) is 11.5 Å². The van der Waals surface area contributed by atoms with Crippen molar-refractivity contribution < 1.29 is 4.79 Å². The largest absolute Gasteiger partial charge is 0.337 e. The summed E-state index contributed by atoms with van der Waals surface area (Å²) >= 11 is 0. The fraction of sp³-hybridized carbons (Fsp3) is 0.444. The van der Waals surface area contributed by atoms with Crippen LogP contribution in [0.1, 0.15) is 59.5 Å². The van der Waals surface area contributed by atoms with Crippen LogP contribution in [0.25, 0.3) is 5.65 Å². The van der Waals surface area contributed by atoms with Crippen molar-refractivity contribution in [1.82, 2.24) is 34.7 Å². The molecule has 3 aromatic rings. The number of hydrogen-bond acceptors (Lipinski definition) is 6. The lowest BCUT2D eigenvalue weighted by Crippen LogP contribution is -2.38. The molecule has 0 aromatic carbocycles. The van der Waals surface area contributed by atoms with E-state index in [1.54, 1.807) is 12.4 Å². The van der Waals surface area contributed by atoms with E-state index in [4.69, 9.17) is 5.10 Å². The second kappa shape index (κ2) is 6.12. The van der Waals surface area contributed by atoms with Gasteiger partial charge >= 0.3 is 0 Å². The monoisotopic (exact) mass is 349 g/mol. The van der Waals surface area contributed by atoms with Gasteiger partial charge in [-0.2, -0.15) is 9.61 Å². The number of amides is 1. The van der Waals surface area contributed by atoms with Crippen LogP contribution in [0.15, 0.2) is 30.7 Å². The van der Waals surface area contributed by atoms with E-state index in [1.807, 2.05) is 15.5 Å². The van der Waals surface area contributed by atoms with Gasteiger partial charge in [-0.25, -0.2) is 4.98 Å². The van der Waals surface area contributed by atoms with E-state index in [0.29, 0.717) is 24.7 Å². The van der Waals surface area contributed by atoms with Crippen LogP contribution in [0.4, 0.5) is 0 Å². The summed E-state index contributed by atoms with van der Waals surface area (Å²) in [7, 11) is 0. The Labute approximate surface area is 150 Å². The number of fused-ring (bicyclic) bond motifs is 1. The van der Waals surface area contributed by atoms with Gasteiger partial charge in [-0.1, -0.05) is 0 Å². The highest BCUT2D eigenvalue weighted by Gasteiger charge is 2.30. The van der Waals surface area contributed by atoms with E-state index in [1.165, 1.54) is 19.0 Å². The minimum absolute atomic E-state index is 0.0585. The number of rotatable bonds is 3. The summed E-state index contributed by atoms with van der Waals surface area (Å²) in [5.74, 6) is 1.71. The summed E-state index contributed by atoms with van der Waals surface area (Å²) < 4.78 is 1.90. The molecule has 4 heterocycles. The SMILES string of the molecule is O=C(c1cnccn1)N1CCC(c2nnc3ccc(C4CC4)nn23)CC1. The van der Waals surface area contributed by atoms with Crippen LogP contribution in [0.2, 0.25) is 0 Å². The molecule has 0 atom stereocenters. The number of likely N-dealkylation sites (tertiary alicyclic amines) is 1. The molecule has 1 aliphatic heterocycles. The normalized spacial score (nSPS) is 18.4. The van der Waals surface area contributed by atoms with Gasteiger partial charge in [0, 0.05) is 37.3 Å². The van der Waals surface area contributed by atoms with Crippen LogP contribution < -0.4 is 0 Å². The molecule has 5 rings (SSSR count). The summed E-state index contributed by atoms with van der Waals surface area (Å²) in [6.45, 7) is 1.36. The second-order valence-corrected chi connectivity index (χ2v) is 7.02. The van der Waals surface area contributed by atoms with Crippen molar-refractivity contribution in [2.75, 3.05) is 13.1 Å². The Hall–Kier alpha value is -2.90. The molecule has 8 heteroatoms. The minimum atomic E-state index is -0.0585. The van der Waals surface area contributed by atoms with Crippen LogP contribution in [0.5, 0.6) is 0 Å². The summed E-state index contributed by atoms with van der Waals surface area (Å²) in [6.07, 6.45) is 8.78. The Morgan fingerprint density at radius 3 is 2.58 bits per heavy atom. The molecule has 1 saturated heterocycles. The van der Waals surface area contributed by atoms with Crippen molar-refractivity contribution in [3.8, 4) is 0 Å². The van der Waals surface area contributed by atoms with Crippen LogP contribution in [-0.2, 0) is 0 Å². The molecule has 1 aliphatic carbocycles. The summed E-state index contributed by atoms with van der Waals surface area (Å²) in [5.41, 5.74) is 2.32. The Bertz CT molecular complexity index is 943. The Morgan fingerprint density at radius 1 is 1.00 bits per heavy atom. The molecule has 8 nitrogen and oxygen atoms in total. The highest BCUT2D eigenvalue weighted by Crippen LogP contribution is 2.39. The number of carbonyl (C=O) groups is 1. The third-order valence-electron chi connectivity index (χ3n) is 5.23. The van der Waals surface area contributed by atoms with Crippen molar-refractivity contribution in [1.29, 1.82) is 0 Å². The molecule has 2 fully saturated rings. The zero-order valence-corrected chi connectivity index (χ0v) is 14.3. The summed E-state index contributed by atoms with van der Waals surface area (Å²) in [5, 5.41) is 13.4. The third kappa shape index (κ3) is 2.71. The number of aromatic nitrogens is 6. The fourth-order valence-electron chi connectivity index (χ4n) is 3.58. The van der Waals surface area contributed by atoms with Gasteiger partial charge in [-0.05, 0) is 37.8 Å². The smallest absolute Gasteiger partial charge is 0.274 e. The maximum Gasteiger partial charge on any atom is 0.274 e. The lowest BCUT2D eigenvalue weighted by atomic mass is 9.96. The zero-order chi connectivity index (χ0) is 17.5. The fourth-order valence-corrected chi connectivity index (χ4v) is 3.58. The Kier molecular flexibility index (Phi) is 3.62. The molecule has 132 valence electrons. The van der Waals surface area contributed by atoms with Crippen molar-refractivity contribution in [2.24, 2.45) is 0 Å². The van der Waals surface area contributed by atoms with Crippen LogP contribution in [0, 0.1) is 0 Å². The van der Waals surface area contributed by atoms with Gasteiger partial charge in [0.2, 0.25) is 0 Å². The van der Waals surface area contributed by atoms with Crippen LogP contribution >= 0.6 is 0 Å². The number of nitrogens with zero attached hydrogens (tertiary/aromatic N) is 7. The lowest BCUT2D eigenvalue weighted by molar-refractivity contribution is 0.0704. The first-order valence-corrected chi connectivity index (χ1v) is 9.07. The van der Waals surface area contributed by atoms with Gasteiger partial charge in [0.05, 0.1) is 11.9 Å². The van der Waals surface area contributed by atoms with Gasteiger partial charge in [0.25, 0.3) is 5.91 Å².